The van der Waals surface area contributed by atoms with E-state index in [0.717, 1.165) is 25.1 Å². The fourth-order valence-electron chi connectivity index (χ4n) is 3.00. The Labute approximate surface area is 106 Å². The van der Waals surface area contributed by atoms with Gasteiger partial charge in [-0.05, 0) is 36.6 Å². The van der Waals surface area contributed by atoms with Gasteiger partial charge in [-0.3, -0.25) is 0 Å². The standard InChI is InChI=1S/C13H17N3O2/c14-10-1-2-12-9(7-10)3-6-16(12)11-4-5-15(8-11)13(17)18/h1-2,7,11H,3-6,8,14H2,(H,17,18). The minimum Gasteiger partial charge on any atom is -0.465 e. The highest BCUT2D eigenvalue weighted by molar-refractivity contribution is 5.67. The molecule has 1 saturated heterocycles. The molecular formula is C13H17N3O2. The SMILES string of the molecule is Nc1ccc2c(c1)CCN2C1CCN(C(=O)O)C1. The van der Waals surface area contributed by atoms with E-state index in [1.54, 1.807) is 0 Å². The Morgan fingerprint density at radius 1 is 1.39 bits per heavy atom. The fraction of sp³-hybridized carbons (Fsp3) is 0.462. The van der Waals surface area contributed by atoms with E-state index in [2.05, 4.69) is 11.0 Å². The van der Waals surface area contributed by atoms with Crippen molar-refractivity contribution in [3.8, 4) is 0 Å². The summed E-state index contributed by atoms with van der Waals surface area (Å²) in [4.78, 5) is 14.8. The molecule has 96 valence electrons. The number of fused-ring (bicyclic) bond motifs is 1. The van der Waals surface area contributed by atoms with Crippen molar-refractivity contribution < 1.29 is 9.90 Å². The molecule has 2 aliphatic heterocycles. The molecule has 0 saturated carbocycles. The number of carbonyl (C=O) groups is 1. The van der Waals surface area contributed by atoms with Gasteiger partial charge < -0.3 is 20.6 Å². The Kier molecular flexibility index (Phi) is 2.54. The molecule has 0 bridgehead atoms. The number of nitrogens with two attached hydrogens (primary N) is 1. The van der Waals surface area contributed by atoms with Crippen molar-refractivity contribution in [1.82, 2.24) is 4.90 Å². The van der Waals surface area contributed by atoms with Crippen LogP contribution in [0.3, 0.4) is 0 Å². The number of benzene rings is 1. The lowest BCUT2D eigenvalue weighted by molar-refractivity contribution is 0.155. The number of nitrogen functional groups attached to an aromatic ring is 1. The van der Waals surface area contributed by atoms with Crippen LogP contribution in [0.2, 0.25) is 0 Å². The van der Waals surface area contributed by atoms with Gasteiger partial charge in [-0.2, -0.15) is 0 Å². The first kappa shape index (κ1) is 11.2. The molecule has 1 aromatic carbocycles. The molecule has 1 fully saturated rings. The number of likely N-dealkylation sites (tertiary alicyclic amines) is 1. The zero-order valence-electron chi connectivity index (χ0n) is 10.2. The van der Waals surface area contributed by atoms with Crippen molar-refractivity contribution in [1.29, 1.82) is 0 Å². The average Bonchev–Trinajstić information content (AvgIpc) is 2.92. The summed E-state index contributed by atoms with van der Waals surface area (Å²) in [6.45, 7) is 2.22. The zero-order chi connectivity index (χ0) is 12.7. The summed E-state index contributed by atoms with van der Waals surface area (Å²) in [7, 11) is 0. The molecule has 2 heterocycles. The third kappa shape index (κ3) is 1.75. The topological polar surface area (TPSA) is 69.8 Å². The minimum absolute atomic E-state index is 0.311. The second-order valence-corrected chi connectivity index (χ2v) is 5.00. The van der Waals surface area contributed by atoms with Crippen LogP contribution in [0.15, 0.2) is 18.2 Å². The Morgan fingerprint density at radius 2 is 2.22 bits per heavy atom. The Morgan fingerprint density at radius 3 is 2.94 bits per heavy atom. The molecule has 1 unspecified atom stereocenters. The lowest BCUT2D eigenvalue weighted by Crippen LogP contribution is -2.37. The molecule has 0 spiro atoms. The number of rotatable bonds is 1. The maximum atomic E-state index is 10.9. The first-order valence-electron chi connectivity index (χ1n) is 6.28. The molecule has 3 N–H and O–H groups in total. The predicted molar refractivity (Wildman–Crippen MR) is 69.9 cm³/mol. The van der Waals surface area contributed by atoms with Gasteiger partial charge in [-0.1, -0.05) is 0 Å². The molecule has 1 atom stereocenters. The molecule has 2 aliphatic rings. The van der Waals surface area contributed by atoms with Gasteiger partial charge in [0.2, 0.25) is 0 Å². The maximum absolute atomic E-state index is 10.9. The number of hydrogen-bond donors (Lipinski definition) is 2. The van der Waals surface area contributed by atoms with Crippen LogP contribution < -0.4 is 10.6 Å². The summed E-state index contributed by atoms with van der Waals surface area (Å²) < 4.78 is 0. The van der Waals surface area contributed by atoms with Crippen LogP contribution in [0.5, 0.6) is 0 Å². The van der Waals surface area contributed by atoms with Gasteiger partial charge in [-0.15, -0.1) is 0 Å². The quantitative estimate of drug-likeness (QED) is 0.736. The Hall–Kier alpha value is -1.91. The molecule has 3 rings (SSSR count). The van der Waals surface area contributed by atoms with Crippen LogP contribution in [0.25, 0.3) is 0 Å². The molecule has 5 nitrogen and oxygen atoms in total. The summed E-state index contributed by atoms with van der Waals surface area (Å²) in [6, 6.07) is 6.31. The van der Waals surface area contributed by atoms with Gasteiger partial charge in [0.25, 0.3) is 0 Å². The van der Waals surface area contributed by atoms with Crippen LogP contribution in [0.1, 0.15) is 12.0 Å². The predicted octanol–water partition coefficient (Wildman–Crippen LogP) is 1.38. The van der Waals surface area contributed by atoms with Gasteiger partial charge in [0, 0.05) is 37.1 Å². The maximum Gasteiger partial charge on any atom is 0.407 e. The second-order valence-electron chi connectivity index (χ2n) is 5.00. The number of nitrogens with zero attached hydrogens (tertiary/aromatic N) is 2. The van der Waals surface area contributed by atoms with Gasteiger partial charge in [0.1, 0.15) is 0 Å². The molecule has 18 heavy (non-hydrogen) atoms. The molecule has 1 amide bonds. The third-order valence-electron chi connectivity index (χ3n) is 3.91. The van der Waals surface area contributed by atoms with Gasteiger partial charge >= 0.3 is 6.09 Å². The number of anilines is 2. The zero-order valence-corrected chi connectivity index (χ0v) is 10.2. The average molecular weight is 247 g/mol. The molecule has 0 aliphatic carbocycles. The smallest absolute Gasteiger partial charge is 0.407 e. The summed E-state index contributed by atoms with van der Waals surface area (Å²) in [5, 5.41) is 9.00. The Balaban J connectivity index is 1.79. The van der Waals surface area contributed by atoms with E-state index in [1.165, 1.54) is 16.2 Å². The summed E-state index contributed by atoms with van der Waals surface area (Å²) >= 11 is 0. The van der Waals surface area contributed by atoms with Crippen LogP contribution in [-0.2, 0) is 6.42 Å². The molecule has 1 aromatic rings. The van der Waals surface area contributed by atoms with Crippen LogP contribution in [-0.4, -0.2) is 41.8 Å². The van der Waals surface area contributed by atoms with Crippen molar-refractivity contribution in [2.75, 3.05) is 30.3 Å². The number of carboxylic acid groups (broad SMARTS) is 1. The van der Waals surface area contributed by atoms with Crippen molar-refractivity contribution in [3.05, 3.63) is 23.8 Å². The van der Waals surface area contributed by atoms with Crippen molar-refractivity contribution in [2.24, 2.45) is 0 Å². The monoisotopic (exact) mass is 247 g/mol. The lowest BCUT2D eigenvalue weighted by Gasteiger charge is -2.26. The van der Waals surface area contributed by atoms with E-state index in [1.807, 2.05) is 12.1 Å². The lowest BCUT2D eigenvalue weighted by atomic mass is 10.1. The highest BCUT2D eigenvalue weighted by Gasteiger charge is 2.33. The molecule has 5 heteroatoms. The first-order chi connectivity index (χ1) is 8.65. The van der Waals surface area contributed by atoms with E-state index < -0.39 is 6.09 Å². The summed E-state index contributed by atoms with van der Waals surface area (Å²) in [6.07, 6.45) is 1.11. The molecule has 0 aromatic heterocycles. The number of amides is 1. The molecule has 0 radical (unpaired) electrons. The highest BCUT2D eigenvalue weighted by Crippen LogP contribution is 2.33. The van der Waals surface area contributed by atoms with Crippen LogP contribution >= 0.6 is 0 Å². The third-order valence-corrected chi connectivity index (χ3v) is 3.91. The van der Waals surface area contributed by atoms with E-state index >= 15 is 0 Å². The van der Waals surface area contributed by atoms with Crippen LogP contribution in [0.4, 0.5) is 16.2 Å². The van der Waals surface area contributed by atoms with Gasteiger partial charge in [0.05, 0.1) is 0 Å². The van der Waals surface area contributed by atoms with E-state index in [4.69, 9.17) is 10.8 Å². The normalized spacial score (nSPS) is 22.3. The second kappa shape index (κ2) is 4.08. The minimum atomic E-state index is -0.811. The fourth-order valence-corrected chi connectivity index (χ4v) is 3.00. The largest absolute Gasteiger partial charge is 0.465 e. The van der Waals surface area contributed by atoms with E-state index in [0.29, 0.717) is 19.1 Å². The van der Waals surface area contributed by atoms with E-state index in [-0.39, 0.29) is 0 Å². The summed E-state index contributed by atoms with van der Waals surface area (Å²) in [5.41, 5.74) is 9.09. The van der Waals surface area contributed by atoms with Crippen molar-refractivity contribution in [2.45, 2.75) is 18.9 Å². The van der Waals surface area contributed by atoms with Crippen LogP contribution in [0, 0.1) is 0 Å². The van der Waals surface area contributed by atoms with E-state index in [9.17, 15) is 4.79 Å². The highest BCUT2D eigenvalue weighted by atomic mass is 16.4. The van der Waals surface area contributed by atoms with Gasteiger partial charge in [0.15, 0.2) is 0 Å². The Bertz CT molecular complexity index is 489. The van der Waals surface area contributed by atoms with Crippen molar-refractivity contribution >= 4 is 17.5 Å². The first-order valence-corrected chi connectivity index (χ1v) is 6.28. The number of hydrogen-bond acceptors (Lipinski definition) is 3. The molecular weight excluding hydrogens is 230 g/mol. The van der Waals surface area contributed by atoms with Gasteiger partial charge in [-0.25, -0.2) is 4.79 Å². The van der Waals surface area contributed by atoms with Crippen molar-refractivity contribution in [3.63, 3.8) is 0 Å². The summed E-state index contributed by atoms with van der Waals surface area (Å²) in [5.74, 6) is 0.